The van der Waals surface area contributed by atoms with Gasteiger partial charge in [0.15, 0.2) is 0 Å². The van der Waals surface area contributed by atoms with Crippen LogP contribution in [0.25, 0.3) is 11.1 Å². The van der Waals surface area contributed by atoms with Crippen LogP contribution in [-0.4, -0.2) is 5.11 Å². The molecular weight excluding hydrogens is 227 g/mol. The Morgan fingerprint density at radius 3 is 2.33 bits per heavy atom. The number of benzene rings is 2. The third kappa shape index (κ3) is 2.29. The lowest BCUT2D eigenvalue weighted by Crippen LogP contribution is -1.96. The topological polar surface area (TPSA) is 20.2 Å². The van der Waals surface area contributed by atoms with Crippen molar-refractivity contribution in [3.8, 4) is 11.1 Å². The van der Waals surface area contributed by atoms with E-state index < -0.39 is 0 Å². The average molecular weight is 244 g/mol. The molecule has 0 aliphatic carbocycles. The molecule has 2 rings (SSSR count). The second-order valence-corrected chi connectivity index (χ2v) is 4.73. The molecule has 0 fully saturated rings. The number of aliphatic hydroxyl groups excluding tert-OH is 1. The Balaban J connectivity index is 2.65. The molecule has 0 spiro atoms. The van der Waals surface area contributed by atoms with Gasteiger partial charge in [-0.05, 0) is 60.7 Å². The molecule has 1 N–H and O–H groups in total. The van der Waals surface area contributed by atoms with Gasteiger partial charge in [0.2, 0.25) is 0 Å². The van der Waals surface area contributed by atoms with E-state index in [1.54, 1.807) is 13.0 Å². The van der Waals surface area contributed by atoms with Gasteiger partial charge >= 0.3 is 0 Å². The SMILES string of the molecule is Cc1cc(C)c(CO)c(-c2ccc(F)c(C)c2)c1. The first kappa shape index (κ1) is 12.8. The molecular formula is C16H17FO. The highest BCUT2D eigenvalue weighted by Crippen LogP contribution is 2.29. The van der Waals surface area contributed by atoms with E-state index in [0.29, 0.717) is 5.56 Å². The molecule has 0 aliphatic heterocycles. The predicted octanol–water partition coefficient (Wildman–Crippen LogP) is 3.91. The van der Waals surface area contributed by atoms with Crippen molar-refractivity contribution >= 4 is 0 Å². The lowest BCUT2D eigenvalue weighted by atomic mass is 9.93. The zero-order valence-electron chi connectivity index (χ0n) is 10.9. The van der Waals surface area contributed by atoms with Gasteiger partial charge in [-0.15, -0.1) is 0 Å². The van der Waals surface area contributed by atoms with Crippen LogP contribution in [0.15, 0.2) is 30.3 Å². The summed E-state index contributed by atoms with van der Waals surface area (Å²) in [5, 5.41) is 9.50. The number of hydrogen-bond donors (Lipinski definition) is 1. The summed E-state index contributed by atoms with van der Waals surface area (Å²) in [7, 11) is 0. The van der Waals surface area contributed by atoms with Gasteiger partial charge in [0.05, 0.1) is 6.61 Å². The van der Waals surface area contributed by atoms with Crippen LogP contribution in [0.5, 0.6) is 0 Å². The van der Waals surface area contributed by atoms with Crippen molar-refractivity contribution in [1.82, 2.24) is 0 Å². The predicted molar refractivity (Wildman–Crippen MR) is 72.0 cm³/mol. The van der Waals surface area contributed by atoms with Crippen molar-refractivity contribution in [3.63, 3.8) is 0 Å². The Bertz CT molecular complexity index is 588. The maximum atomic E-state index is 13.3. The Hall–Kier alpha value is -1.67. The number of halogens is 1. The normalized spacial score (nSPS) is 10.7. The zero-order chi connectivity index (χ0) is 13.3. The highest BCUT2D eigenvalue weighted by Gasteiger charge is 2.09. The van der Waals surface area contributed by atoms with Gasteiger partial charge in [0, 0.05) is 0 Å². The summed E-state index contributed by atoms with van der Waals surface area (Å²) in [5.74, 6) is -0.200. The van der Waals surface area contributed by atoms with Crippen LogP contribution in [0.2, 0.25) is 0 Å². The van der Waals surface area contributed by atoms with Crippen molar-refractivity contribution < 1.29 is 9.50 Å². The van der Waals surface area contributed by atoms with Gasteiger partial charge in [0.25, 0.3) is 0 Å². The van der Waals surface area contributed by atoms with Crippen molar-refractivity contribution in [3.05, 3.63) is 58.4 Å². The first-order valence-corrected chi connectivity index (χ1v) is 6.00. The van der Waals surface area contributed by atoms with Crippen LogP contribution in [0.1, 0.15) is 22.3 Å². The van der Waals surface area contributed by atoms with Crippen LogP contribution in [0, 0.1) is 26.6 Å². The van der Waals surface area contributed by atoms with Crippen LogP contribution in [0.3, 0.4) is 0 Å². The number of aliphatic hydroxyl groups is 1. The number of aryl methyl sites for hydroxylation is 3. The molecule has 0 bridgehead atoms. The monoisotopic (exact) mass is 244 g/mol. The fourth-order valence-corrected chi connectivity index (χ4v) is 2.28. The molecule has 0 radical (unpaired) electrons. The highest BCUT2D eigenvalue weighted by molar-refractivity contribution is 5.70. The maximum Gasteiger partial charge on any atom is 0.126 e. The summed E-state index contributed by atoms with van der Waals surface area (Å²) < 4.78 is 13.3. The van der Waals surface area contributed by atoms with Crippen molar-refractivity contribution in [2.75, 3.05) is 0 Å². The van der Waals surface area contributed by atoms with E-state index in [2.05, 4.69) is 0 Å². The molecule has 0 atom stereocenters. The van der Waals surface area contributed by atoms with Crippen LogP contribution < -0.4 is 0 Å². The summed E-state index contributed by atoms with van der Waals surface area (Å²) in [4.78, 5) is 0. The van der Waals surface area contributed by atoms with Crippen LogP contribution in [0.4, 0.5) is 4.39 Å². The van der Waals surface area contributed by atoms with Gasteiger partial charge in [-0.2, -0.15) is 0 Å². The average Bonchev–Trinajstić information content (AvgIpc) is 2.32. The molecule has 1 nitrogen and oxygen atoms in total. The summed E-state index contributed by atoms with van der Waals surface area (Å²) in [6.07, 6.45) is 0. The molecule has 0 saturated carbocycles. The fourth-order valence-electron chi connectivity index (χ4n) is 2.28. The Morgan fingerprint density at radius 2 is 1.72 bits per heavy atom. The second-order valence-electron chi connectivity index (χ2n) is 4.73. The summed E-state index contributed by atoms with van der Waals surface area (Å²) in [6, 6.07) is 9.14. The van der Waals surface area contributed by atoms with E-state index >= 15 is 0 Å². The Morgan fingerprint density at radius 1 is 1.00 bits per heavy atom. The lowest BCUT2D eigenvalue weighted by Gasteiger charge is -2.13. The number of hydrogen-bond acceptors (Lipinski definition) is 1. The van der Waals surface area contributed by atoms with Gasteiger partial charge in [-0.1, -0.05) is 23.8 Å². The van der Waals surface area contributed by atoms with E-state index in [1.165, 1.54) is 6.07 Å². The highest BCUT2D eigenvalue weighted by atomic mass is 19.1. The summed E-state index contributed by atoms with van der Waals surface area (Å²) in [6.45, 7) is 5.75. The Kier molecular flexibility index (Phi) is 3.48. The van der Waals surface area contributed by atoms with Gasteiger partial charge in [-0.25, -0.2) is 4.39 Å². The van der Waals surface area contributed by atoms with Crippen LogP contribution in [-0.2, 0) is 6.61 Å². The molecule has 94 valence electrons. The first-order valence-electron chi connectivity index (χ1n) is 6.00. The van der Waals surface area contributed by atoms with Crippen molar-refractivity contribution in [1.29, 1.82) is 0 Å². The molecule has 18 heavy (non-hydrogen) atoms. The van der Waals surface area contributed by atoms with E-state index in [4.69, 9.17) is 0 Å². The Labute approximate surface area is 107 Å². The van der Waals surface area contributed by atoms with E-state index in [0.717, 1.165) is 27.8 Å². The summed E-state index contributed by atoms with van der Waals surface area (Å²) >= 11 is 0. The van der Waals surface area contributed by atoms with E-state index in [-0.39, 0.29) is 12.4 Å². The molecule has 0 aliphatic rings. The molecule has 0 heterocycles. The summed E-state index contributed by atoms with van der Waals surface area (Å²) in [5.41, 5.74) is 5.67. The largest absolute Gasteiger partial charge is 0.392 e. The fraction of sp³-hybridized carbons (Fsp3) is 0.250. The standard InChI is InChI=1S/C16H17FO/c1-10-6-11(2)15(9-18)14(7-10)13-4-5-16(17)12(3)8-13/h4-8,18H,9H2,1-3H3. The molecule has 2 heteroatoms. The molecule has 0 aromatic heterocycles. The van der Waals surface area contributed by atoms with Gasteiger partial charge in [0.1, 0.15) is 5.82 Å². The van der Waals surface area contributed by atoms with Crippen molar-refractivity contribution in [2.24, 2.45) is 0 Å². The lowest BCUT2D eigenvalue weighted by molar-refractivity contribution is 0.281. The second kappa shape index (κ2) is 4.91. The van der Waals surface area contributed by atoms with E-state index in [9.17, 15) is 9.50 Å². The van der Waals surface area contributed by atoms with E-state index in [1.807, 2.05) is 32.0 Å². The van der Waals surface area contributed by atoms with Crippen molar-refractivity contribution in [2.45, 2.75) is 27.4 Å². The zero-order valence-corrected chi connectivity index (χ0v) is 10.9. The quantitative estimate of drug-likeness (QED) is 0.849. The minimum atomic E-state index is -0.200. The molecule has 0 unspecified atom stereocenters. The minimum Gasteiger partial charge on any atom is -0.392 e. The van der Waals surface area contributed by atoms with Gasteiger partial charge < -0.3 is 5.11 Å². The first-order chi connectivity index (χ1) is 8.52. The molecule has 0 saturated heterocycles. The molecule has 2 aromatic rings. The third-order valence-corrected chi connectivity index (χ3v) is 3.24. The molecule has 0 amide bonds. The number of rotatable bonds is 2. The van der Waals surface area contributed by atoms with Crippen LogP contribution >= 0.6 is 0 Å². The smallest absolute Gasteiger partial charge is 0.126 e. The minimum absolute atomic E-state index is 0.00211. The molecule has 2 aromatic carbocycles. The third-order valence-electron chi connectivity index (χ3n) is 3.24. The van der Waals surface area contributed by atoms with Gasteiger partial charge in [-0.3, -0.25) is 0 Å². The maximum absolute atomic E-state index is 13.3.